The number of pyridine rings is 1. The summed E-state index contributed by atoms with van der Waals surface area (Å²) >= 11 is 0. The third-order valence-corrected chi connectivity index (χ3v) is 3.14. The number of hydrogen-bond donors (Lipinski definition) is 1. The lowest BCUT2D eigenvalue weighted by atomic mass is 10.1. The molecule has 1 aromatic heterocycles. The molecular formula is C17H19BrN2O2. The van der Waals surface area contributed by atoms with E-state index in [1.54, 1.807) is 10.8 Å². The normalized spacial score (nSPS) is 10.3. The highest BCUT2D eigenvalue weighted by Gasteiger charge is 2.10. The minimum absolute atomic E-state index is 0. The number of carboxylic acids is 1. The molecule has 0 spiro atoms. The number of carboxylic acid groups (broad SMARTS) is 1. The van der Waals surface area contributed by atoms with Crippen molar-refractivity contribution >= 4 is 23.8 Å². The van der Waals surface area contributed by atoms with E-state index in [0.29, 0.717) is 0 Å². The van der Waals surface area contributed by atoms with Crippen LogP contribution in [0.4, 0.5) is 5.69 Å². The molecule has 0 saturated carbocycles. The summed E-state index contributed by atoms with van der Waals surface area (Å²) in [6.07, 6.45) is 5.67. The van der Waals surface area contributed by atoms with Crippen LogP contribution in [0.2, 0.25) is 0 Å². The van der Waals surface area contributed by atoms with Crippen LogP contribution < -0.4 is 26.4 Å². The summed E-state index contributed by atoms with van der Waals surface area (Å²) in [6.45, 7) is -0.0416. The quantitative estimate of drug-likeness (QED) is 0.715. The van der Waals surface area contributed by atoms with Gasteiger partial charge in [-0.15, -0.1) is 0 Å². The summed E-state index contributed by atoms with van der Waals surface area (Å²) in [7, 11) is 4.01. The van der Waals surface area contributed by atoms with E-state index in [0.717, 1.165) is 16.9 Å². The van der Waals surface area contributed by atoms with Crippen molar-refractivity contribution in [3.05, 3.63) is 59.9 Å². The van der Waals surface area contributed by atoms with Gasteiger partial charge in [0.2, 0.25) is 12.2 Å². The number of anilines is 1. The van der Waals surface area contributed by atoms with Gasteiger partial charge in [0.25, 0.3) is 0 Å². The van der Waals surface area contributed by atoms with Gasteiger partial charge in [0.15, 0.2) is 6.20 Å². The highest BCUT2D eigenvalue weighted by atomic mass is 79.9. The molecule has 0 fully saturated rings. The minimum atomic E-state index is -0.851. The van der Waals surface area contributed by atoms with Crippen LogP contribution >= 0.6 is 0 Å². The van der Waals surface area contributed by atoms with Crippen molar-refractivity contribution in [3.8, 4) is 0 Å². The Morgan fingerprint density at radius 3 is 2.41 bits per heavy atom. The zero-order valence-electron chi connectivity index (χ0n) is 12.6. The van der Waals surface area contributed by atoms with Gasteiger partial charge in [0.05, 0.1) is 0 Å². The lowest BCUT2D eigenvalue weighted by Crippen LogP contribution is -3.00. The molecule has 2 aromatic rings. The maximum Gasteiger partial charge on any atom is 0.370 e. The van der Waals surface area contributed by atoms with Crippen LogP contribution in [0.1, 0.15) is 11.3 Å². The van der Waals surface area contributed by atoms with Gasteiger partial charge in [-0.25, -0.2) is 4.79 Å². The Morgan fingerprint density at radius 2 is 1.82 bits per heavy atom. The summed E-state index contributed by atoms with van der Waals surface area (Å²) in [6, 6.07) is 13.8. The van der Waals surface area contributed by atoms with Crippen molar-refractivity contribution in [2.75, 3.05) is 19.0 Å². The highest BCUT2D eigenvalue weighted by Crippen LogP contribution is 2.13. The number of carbonyl (C=O) groups is 1. The lowest BCUT2D eigenvalue weighted by Gasteiger charge is -2.11. The fraction of sp³-hybridized carbons (Fsp3) is 0.176. The van der Waals surface area contributed by atoms with Crippen molar-refractivity contribution in [1.29, 1.82) is 0 Å². The molecule has 116 valence electrons. The smallest absolute Gasteiger partial charge is 0.370 e. The molecule has 1 aromatic carbocycles. The molecule has 1 N–H and O–H groups in total. The number of hydrogen-bond acceptors (Lipinski definition) is 2. The van der Waals surface area contributed by atoms with E-state index in [9.17, 15) is 4.79 Å². The molecule has 0 aliphatic heterocycles. The number of aliphatic carboxylic acids is 1. The Kier molecular flexibility index (Phi) is 6.79. The van der Waals surface area contributed by atoms with E-state index < -0.39 is 5.97 Å². The zero-order chi connectivity index (χ0) is 15.2. The molecule has 5 heteroatoms. The first kappa shape index (κ1) is 17.9. The summed E-state index contributed by atoms with van der Waals surface area (Å²) in [5, 5.41) is 8.91. The molecule has 1 heterocycles. The zero-order valence-corrected chi connectivity index (χ0v) is 14.2. The Morgan fingerprint density at radius 1 is 1.14 bits per heavy atom. The average Bonchev–Trinajstić information content (AvgIpc) is 2.46. The van der Waals surface area contributed by atoms with E-state index in [-0.39, 0.29) is 23.5 Å². The second-order valence-electron chi connectivity index (χ2n) is 4.97. The Hall–Kier alpha value is -2.14. The van der Waals surface area contributed by atoms with Crippen LogP contribution in [-0.2, 0) is 11.3 Å². The van der Waals surface area contributed by atoms with Gasteiger partial charge in [-0.05, 0) is 29.8 Å². The highest BCUT2D eigenvalue weighted by molar-refractivity contribution is 5.69. The Labute approximate surface area is 141 Å². The standard InChI is InChI=1S/C17H18N2O2.BrH/c1-18(2)15-9-6-14(7-10-15)8-11-16-5-3-4-12-19(16)13-17(20)21;/h3-12H,13H2,1-2H3;1H. The fourth-order valence-electron chi connectivity index (χ4n) is 2.00. The van der Waals surface area contributed by atoms with Crippen molar-refractivity contribution < 1.29 is 31.4 Å². The third-order valence-electron chi connectivity index (χ3n) is 3.14. The van der Waals surface area contributed by atoms with Crippen molar-refractivity contribution in [2.24, 2.45) is 0 Å². The Bertz CT molecular complexity index is 652. The molecule has 4 nitrogen and oxygen atoms in total. The van der Waals surface area contributed by atoms with E-state index >= 15 is 0 Å². The van der Waals surface area contributed by atoms with Crippen LogP contribution in [0.3, 0.4) is 0 Å². The maximum atomic E-state index is 10.8. The first-order chi connectivity index (χ1) is 10.1. The SMILES string of the molecule is CN(C)c1ccc(/C=C/c2cccc[n+]2CC(=O)O)cc1.[Br-]. The average molecular weight is 363 g/mol. The van der Waals surface area contributed by atoms with Crippen LogP contribution in [0.5, 0.6) is 0 Å². The number of aromatic nitrogens is 1. The molecule has 0 atom stereocenters. The van der Waals surface area contributed by atoms with Crippen LogP contribution in [0, 0.1) is 0 Å². The molecule has 0 amide bonds. The third kappa shape index (κ3) is 5.00. The summed E-state index contributed by atoms with van der Waals surface area (Å²) in [5.74, 6) is -0.851. The largest absolute Gasteiger partial charge is 1.00 e. The molecule has 0 aliphatic rings. The van der Waals surface area contributed by atoms with Gasteiger partial charge in [-0.2, -0.15) is 4.57 Å². The van der Waals surface area contributed by atoms with E-state index in [2.05, 4.69) is 12.1 Å². The number of rotatable bonds is 5. The van der Waals surface area contributed by atoms with Crippen molar-refractivity contribution in [2.45, 2.75) is 6.54 Å². The first-order valence-corrected chi connectivity index (χ1v) is 6.72. The molecule has 0 bridgehead atoms. The summed E-state index contributed by atoms with van der Waals surface area (Å²) < 4.78 is 1.70. The first-order valence-electron chi connectivity index (χ1n) is 6.72. The number of halogens is 1. The van der Waals surface area contributed by atoms with Gasteiger partial charge in [-0.3, -0.25) is 0 Å². The molecule has 0 unspecified atom stereocenters. The van der Waals surface area contributed by atoms with E-state index in [1.165, 1.54) is 0 Å². The van der Waals surface area contributed by atoms with Crippen LogP contribution in [0.15, 0.2) is 48.7 Å². The molecular weight excluding hydrogens is 344 g/mol. The summed E-state index contributed by atoms with van der Waals surface area (Å²) in [4.78, 5) is 12.9. The maximum absolute atomic E-state index is 10.8. The van der Waals surface area contributed by atoms with Crippen LogP contribution in [-0.4, -0.2) is 25.2 Å². The number of benzene rings is 1. The van der Waals surface area contributed by atoms with E-state index in [4.69, 9.17) is 5.11 Å². The molecule has 0 aliphatic carbocycles. The predicted octanol–water partition coefficient (Wildman–Crippen LogP) is -0.701. The number of nitrogens with zero attached hydrogens (tertiary/aromatic N) is 2. The predicted molar refractivity (Wildman–Crippen MR) is 84.0 cm³/mol. The van der Waals surface area contributed by atoms with Gasteiger partial charge in [-0.1, -0.05) is 12.1 Å². The second-order valence-corrected chi connectivity index (χ2v) is 4.97. The molecule has 0 saturated heterocycles. The van der Waals surface area contributed by atoms with E-state index in [1.807, 2.05) is 61.5 Å². The molecule has 22 heavy (non-hydrogen) atoms. The van der Waals surface area contributed by atoms with Gasteiger partial charge in [0.1, 0.15) is 0 Å². The molecule has 2 rings (SSSR count). The van der Waals surface area contributed by atoms with Crippen LogP contribution in [0.25, 0.3) is 12.2 Å². The fourth-order valence-corrected chi connectivity index (χ4v) is 2.00. The topological polar surface area (TPSA) is 44.4 Å². The molecule has 0 radical (unpaired) electrons. The van der Waals surface area contributed by atoms with Gasteiger partial charge >= 0.3 is 5.97 Å². The lowest BCUT2D eigenvalue weighted by molar-refractivity contribution is -0.687. The second kappa shape index (κ2) is 8.34. The van der Waals surface area contributed by atoms with Crippen molar-refractivity contribution in [3.63, 3.8) is 0 Å². The van der Waals surface area contributed by atoms with Crippen molar-refractivity contribution in [1.82, 2.24) is 0 Å². The van der Waals surface area contributed by atoms with Gasteiger partial charge < -0.3 is 27.0 Å². The summed E-state index contributed by atoms with van der Waals surface area (Å²) in [5.41, 5.74) is 3.08. The van der Waals surface area contributed by atoms with Gasteiger partial charge in [0, 0.05) is 38.0 Å². The minimum Gasteiger partial charge on any atom is -1.00 e. The monoisotopic (exact) mass is 362 g/mol. The Balaban J connectivity index is 0.00000242.